The molecule has 0 spiro atoms. The number of aliphatic imine (C=N–C) groups is 1. The summed E-state index contributed by atoms with van der Waals surface area (Å²) >= 11 is 0. The molecule has 0 bridgehead atoms. The van der Waals surface area contributed by atoms with Gasteiger partial charge in [0.2, 0.25) is 0 Å². The standard InChI is InChI=1S/C20H17NO/c1-15(22)18-8-4-5-16(13-18)11-12-21-20-10-9-17-6-2-3-7-19(17)14-20/h2-10,12-14H,11H2,1H3. The molecule has 0 atom stereocenters. The van der Waals surface area contributed by atoms with Gasteiger partial charge in [0, 0.05) is 18.2 Å². The van der Waals surface area contributed by atoms with Crippen LogP contribution in [0, 0.1) is 0 Å². The van der Waals surface area contributed by atoms with E-state index in [1.807, 2.05) is 48.7 Å². The average Bonchev–Trinajstić information content (AvgIpc) is 2.55. The highest BCUT2D eigenvalue weighted by molar-refractivity contribution is 5.94. The van der Waals surface area contributed by atoms with Crippen molar-refractivity contribution in [1.82, 2.24) is 0 Å². The van der Waals surface area contributed by atoms with Gasteiger partial charge in [-0.2, -0.15) is 0 Å². The van der Waals surface area contributed by atoms with E-state index in [4.69, 9.17) is 0 Å². The lowest BCUT2D eigenvalue weighted by atomic mass is 10.1. The number of hydrogen-bond donors (Lipinski definition) is 0. The van der Waals surface area contributed by atoms with Crippen LogP contribution >= 0.6 is 0 Å². The second-order valence-electron chi connectivity index (χ2n) is 5.30. The fourth-order valence-corrected chi connectivity index (χ4v) is 2.43. The molecular weight excluding hydrogens is 270 g/mol. The summed E-state index contributed by atoms with van der Waals surface area (Å²) in [6.07, 6.45) is 2.61. The molecule has 0 unspecified atom stereocenters. The van der Waals surface area contributed by atoms with Gasteiger partial charge in [0.15, 0.2) is 5.78 Å². The van der Waals surface area contributed by atoms with Crippen LogP contribution in [0.1, 0.15) is 22.8 Å². The Morgan fingerprint density at radius 1 is 0.955 bits per heavy atom. The summed E-state index contributed by atoms with van der Waals surface area (Å²) in [4.78, 5) is 15.9. The number of rotatable bonds is 4. The summed E-state index contributed by atoms with van der Waals surface area (Å²) in [5, 5.41) is 2.41. The van der Waals surface area contributed by atoms with Crippen LogP contribution in [-0.4, -0.2) is 12.0 Å². The first-order valence-corrected chi connectivity index (χ1v) is 7.33. The highest BCUT2D eigenvalue weighted by atomic mass is 16.1. The largest absolute Gasteiger partial charge is 0.295 e. The minimum atomic E-state index is 0.0910. The number of fused-ring (bicyclic) bond motifs is 1. The van der Waals surface area contributed by atoms with Crippen molar-refractivity contribution in [3.05, 3.63) is 77.9 Å². The maximum Gasteiger partial charge on any atom is 0.159 e. The van der Waals surface area contributed by atoms with Crippen LogP contribution in [0.2, 0.25) is 0 Å². The topological polar surface area (TPSA) is 29.4 Å². The quantitative estimate of drug-likeness (QED) is 0.491. The van der Waals surface area contributed by atoms with Gasteiger partial charge in [-0.25, -0.2) is 0 Å². The Balaban J connectivity index is 1.75. The van der Waals surface area contributed by atoms with Gasteiger partial charge in [-0.05, 0) is 41.5 Å². The van der Waals surface area contributed by atoms with Crippen LogP contribution in [0.3, 0.4) is 0 Å². The maximum absolute atomic E-state index is 11.4. The molecule has 0 heterocycles. The molecule has 0 aliphatic rings. The molecule has 0 amide bonds. The van der Waals surface area contributed by atoms with Gasteiger partial charge in [0.25, 0.3) is 0 Å². The zero-order chi connectivity index (χ0) is 15.4. The molecule has 0 aliphatic carbocycles. The van der Waals surface area contributed by atoms with Crippen LogP contribution in [0.5, 0.6) is 0 Å². The van der Waals surface area contributed by atoms with E-state index in [2.05, 4.69) is 29.3 Å². The number of carbonyl (C=O) groups excluding carboxylic acids is 1. The molecule has 2 nitrogen and oxygen atoms in total. The SMILES string of the molecule is CC(=O)c1cccc(CC=Nc2ccc3ccccc3c2)c1. The van der Waals surface area contributed by atoms with E-state index >= 15 is 0 Å². The van der Waals surface area contributed by atoms with Crippen LogP contribution in [-0.2, 0) is 6.42 Å². The molecule has 108 valence electrons. The summed E-state index contributed by atoms with van der Waals surface area (Å²) in [6, 6.07) is 22.1. The maximum atomic E-state index is 11.4. The zero-order valence-corrected chi connectivity index (χ0v) is 12.5. The van der Waals surface area contributed by atoms with E-state index in [-0.39, 0.29) is 5.78 Å². The van der Waals surface area contributed by atoms with Crippen molar-refractivity contribution in [2.45, 2.75) is 13.3 Å². The fourth-order valence-electron chi connectivity index (χ4n) is 2.43. The minimum absolute atomic E-state index is 0.0910. The van der Waals surface area contributed by atoms with Crippen LogP contribution < -0.4 is 0 Å². The van der Waals surface area contributed by atoms with Crippen molar-refractivity contribution >= 4 is 28.5 Å². The lowest BCUT2D eigenvalue weighted by Gasteiger charge is -2.01. The van der Waals surface area contributed by atoms with Crippen LogP contribution in [0.15, 0.2) is 71.7 Å². The first kappa shape index (κ1) is 14.2. The van der Waals surface area contributed by atoms with Crippen LogP contribution in [0.25, 0.3) is 10.8 Å². The van der Waals surface area contributed by atoms with Crippen molar-refractivity contribution < 1.29 is 4.79 Å². The summed E-state index contributed by atoms with van der Waals surface area (Å²) in [7, 11) is 0. The summed E-state index contributed by atoms with van der Waals surface area (Å²) in [6.45, 7) is 1.59. The van der Waals surface area contributed by atoms with E-state index in [1.165, 1.54) is 10.8 Å². The van der Waals surface area contributed by atoms with Gasteiger partial charge in [0.1, 0.15) is 0 Å². The second kappa shape index (κ2) is 6.35. The molecule has 0 saturated heterocycles. The molecule has 3 aromatic carbocycles. The Kier molecular flexibility index (Phi) is 4.10. The van der Waals surface area contributed by atoms with Gasteiger partial charge in [0.05, 0.1) is 5.69 Å². The Labute approximate surface area is 130 Å². The van der Waals surface area contributed by atoms with Crippen molar-refractivity contribution in [3.63, 3.8) is 0 Å². The summed E-state index contributed by atoms with van der Waals surface area (Å²) in [5.41, 5.74) is 2.79. The lowest BCUT2D eigenvalue weighted by molar-refractivity contribution is 0.101. The van der Waals surface area contributed by atoms with Crippen molar-refractivity contribution in [2.24, 2.45) is 4.99 Å². The first-order valence-electron chi connectivity index (χ1n) is 7.33. The van der Waals surface area contributed by atoms with Crippen LogP contribution in [0.4, 0.5) is 5.69 Å². The number of benzene rings is 3. The molecule has 3 rings (SSSR count). The fraction of sp³-hybridized carbons (Fsp3) is 0.100. The Bertz CT molecular complexity index is 849. The first-order chi connectivity index (χ1) is 10.7. The predicted molar refractivity (Wildman–Crippen MR) is 92.3 cm³/mol. The van der Waals surface area contributed by atoms with Crippen molar-refractivity contribution in [1.29, 1.82) is 0 Å². The normalized spacial score (nSPS) is 11.1. The number of ketones is 1. The molecule has 0 radical (unpaired) electrons. The smallest absolute Gasteiger partial charge is 0.159 e. The predicted octanol–water partition coefficient (Wildman–Crippen LogP) is 4.99. The number of Topliss-reactive ketones (excluding diaryl/α,β-unsaturated/α-hetero) is 1. The summed E-state index contributed by atoms with van der Waals surface area (Å²) in [5.74, 6) is 0.0910. The molecule has 2 heteroatoms. The molecule has 3 aromatic rings. The number of hydrogen-bond acceptors (Lipinski definition) is 2. The number of nitrogens with zero attached hydrogens (tertiary/aromatic N) is 1. The minimum Gasteiger partial charge on any atom is -0.295 e. The average molecular weight is 287 g/mol. The molecule has 0 fully saturated rings. The summed E-state index contributed by atoms with van der Waals surface area (Å²) < 4.78 is 0. The zero-order valence-electron chi connectivity index (χ0n) is 12.5. The van der Waals surface area contributed by atoms with Gasteiger partial charge in [-0.1, -0.05) is 48.5 Å². The Morgan fingerprint density at radius 2 is 1.77 bits per heavy atom. The van der Waals surface area contributed by atoms with Gasteiger partial charge in [-0.15, -0.1) is 0 Å². The molecule has 22 heavy (non-hydrogen) atoms. The highest BCUT2D eigenvalue weighted by Gasteiger charge is 1.99. The van der Waals surface area contributed by atoms with E-state index in [9.17, 15) is 4.79 Å². The van der Waals surface area contributed by atoms with Gasteiger partial charge < -0.3 is 0 Å². The molecular formula is C20H17NO. The molecule has 0 N–H and O–H groups in total. The van der Waals surface area contributed by atoms with E-state index in [0.29, 0.717) is 6.42 Å². The van der Waals surface area contributed by atoms with Crippen molar-refractivity contribution in [2.75, 3.05) is 0 Å². The third-order valence-electron chi connectivity index (χ3n) is 3.63. The van der Waals surface area contributed by atoms with Gasteiger partial charge in [-0.3, -0.25) is 9.79 Å². The van der Waals surface area contributed by atoms with Gasteiger partial charge >= 0.3 is 0 Å². The Morgan fingerprint density at radius 3 is 2.59 bits per heavy atom. The highest BCUT2D eigenvalue weighted by Crippen LogP contribution is 2.20. The molecule has 0 aliphatic heterocycles. The van der Waals surface area contributed by atoms with E-state index in [1.54, 1.807) is 6.92 Å². The Hall–Kier alpha value is -2.74. The second-order valence-corrected chi connectivity index (χ2v) is 5.30. The molecule has 0 saturated carbocycles. The third-order valence-corrected chi connectivity index (χ3v) is 3.63. The van der Waals surface area contributed by atoms with E-state index < -0.39 is 0 Å². The van der Waals surface area contributed by atoms with Crippen molar-refractivity contribution in [3.8, 4) is 0 Å². The monoisotopic (exact) mass is 287 g/mol. The molecule has 0 aromatic heterocycles. The lowest BCUT2D eigenvalue weighted by Crippen LogP contribution is -1.94. The number of carbonyl (C=O) groups is 1. The third kappa shape index (κ3) is 3.29. The van der Waals surface area contributed by atoms with E-state index in [0.717, 1.165) is 16.8 Å².